The molecule has 4 aromatic rings. The van der Waals surface area contributed by atoms with E-state index in [1.807, 2.05) is 11.4 Å². The Kier molecular flexibility index (Phi) is 3.82. The second kappa shape index (κ2) is 6.02. The molecule has 126 valence electrons. The summed E-state index contributed by atoms with van der Waals surface area (Å²) in [6, 6.07) is 12.7. The van der Waals surface area contributed by atoms with Gasteiger partial charge in [0.1, 0.15) is 5.82 Å². The summed E-state index contributed by atoms with van der Waals surface area (Å²) in [7, 11) is -3.20. The van der Waals surface area contributed by atoms with Crippen LogP contribution in [0.15, 0.2) is 64.3 Å². The molecular weight excluding hydrogens is 354 g/mol. The lowest BCUT2D eigenvalue weighted by Crippen LogP contribution is -1.98. The number of nitrogens with one attached hydrogen (secondary N) is 2. The maximum Gasteiger partial charge on any atom is 0.175 e. The number of aromatic nitrogens is 2. The molecule has 2 N–H and O–H groups in total. The van der Waals surface area contributed by atoms with E-state index in [1.54, 1.807) is 41.8 Å². The Morgan fingerprint density at radius 2 is 1.92 bits per heavy atom. The molecule has 0 spiro atoms. The van der Waals surface area contributed by atoms with Gasteiger partial charge in [0.25, 0.3) is 0 Å². The molecule has 0 radical (unpaired) electrons. The highest BCUT2D eigenvalue weighted by atomic mass is 32.2. The molecule has 0 atom stereocenters. The van der Waals surface area contributed by atoms with Crippen LogP contribution in [-0.2, 0) is 9.84 Å². The van der Waals surface area contributed by atoms with Crippen molar-refractivity contribution in [1.29, 1.82) is 0 Å². The third-order valence-corrected chi connectivity index (χ3v) is 5.74. The van der Waals surface area contributed by atoms with Crippen LogP contribution in [0.4, 0.5) is 11.5 Å². The van der Waals surface area contributed by atoms with Gasteiger partial charge in [-0.15, -0.1) is 0 Å². The summed E-state index contributed by atoms with van der Waals surface area (Å²) in [5, 5.41) is 8.38. The number of anilines is 2. The van der Waals surface area contributed by atoms with Gasteiger partial charge in [-0.3, -0.25) is 0 Å². The average Bonchev–Trinajstić information content (AvgIpc) is 3.24. The van der Waals surface area contributed by atoms with E-state index in [4.69, 9.17) is 0 Å². The van der Waals surface area contributed by atoms with Gasteiger partial charge in [-0.2, -0.15) is 11.3 Å². The maximum absolute atomic E-state index is 11.6. The maximum atomic E-state index is 11.6. The van der Waals surface area contributed by atoms with E-state index in [-0.39, 0.29) is 0 Å². The molecule has 4 rings (SSSR count). The van der Waals surface area contributed by atoms with Crippen LogP contribution in [0, 0.1) is 0 Å². The fraction of sp³-hybridized carbons (Fsp3) is 0.0556. The number of aromatic amines is 1. The third-order valence-electron chi connectivity index (χ3n) is 3.93. The average molecular weight is 369 g/mol. The summed E-state index contributed by atoms with van der Waals surface area (Å²) in [5.41, 5.74) is 3.96. The Hall–Kier alpha value is -2.64. The highest BCUT2D eigenvalue weighted by Crippen LogP contribution is 2.30. The van der Waals surface area contributed by atoms with E-state index in [2.05, 4.69) is 32.8 Å². The molecule has 25 heavy (non-hydrogen) atoms. The molecule has 0 aliphatic heterocycles. The number of H-pyrrole nitrogens is 1. The Balaban J connectivity index is 1.70. The van der Waals surface area contributed by atoms with E-state index in [0.29, 0.717) is 4.90 Å². The first-order valence-electron chi connectivity index (χ1n) is 7.58. The fourth-order valence-electron chi connectivity index (χ4n) is 2.65. The SMILES string of the molecule is CS(=O)(=O)c1ccc(Nc2nccc3[nH]c(-c4ccsc4)cc23)cc1. The van der Waals surface area contributed by atoms with Crippen LogP contribution in [0.25, 0.3) is 22.2 Å². The normalized spacial score (nSPS) is 11.7. The van der Waals surface area contributed by atoms with Gasteiger partial charge in [-0.1, -0.05) is 0 Å². The van der Waals surface area contributed by atoms with Crippen molar-refractivity contribution in [2.75, 3.05) is 11.6 Å². The number of sulfone groups is 1. The molecule has 0 unspecified atom stereocenters. The molecule has 0 saturated carbocycles. The predicted octanol–water partition coefficient (Wildman–Crippen LogP) is 4.44. The van der Waals surface area contributed by atoms with Crippen molar-refractivity contribution < 1.29 is 8.42 Å². The Morgan fingerprint density at radius 3 is 2.60 bits per heavy atom. The fourth-order valence-corrected chi connectivity index (χ4v) is 3.94. The van der Waals surface area contributed by atoms with Crippen LogP contribution in [0.2, 0.25) is 0 Å². The summed E-state index contributed by atoms with van der Waals surface area (Å²) in [4.78, 5) is 8.12. The van der Waals surface area contributed by atoms with Gasteiger partial charge in [0, 0.05) is 40.2 Å². The first-order valence-corrected chi connectivity index (χ1v) is 10.4. The number of pyridine rings is 1. The number of benzene rings is 1. The quantitative estimate of drug-likeness (QED) is 0.558. The van der Waals surface area contributed by atoms with Crippen LogP contribution < -0.4 is 5.32 Å². The Bertz CT molecular complexity index is 1130. The van der Waals surface area contributed by atoms with Gasteiger partial charge in [-0.25, -0.2) is 13.4 Å². The number of fused-ring (bicyclic) bond motifs is 1. The first-order chi connectivity index (χ1) is 12.0. The van der Waals surface area contributed by atoms with Gasteiger partial charge in [0.2, 0.25) is 0 Å². The van der Waals surface area contributed by atoms with Gasteiger partial charge in [0.05, 0.1) is 10.4 Å². The zero-order valence-electron chi connectivity index (χ0n) is 13.4. The predicted molar refractivity (Wildman–Crippen MR) is 102 cm³/mol. The van der Waals surface area contributed by atoms with Crippen molar-refractivity contribution >= 4 is 43.6 Å². The first kappa shape index (κ1) is 15.9. The largest absolute Gasteiger partial charge is 0.354 e. The van der Waals surface area contributed by atoms with E-state index >= 15 is 0 Å². The molecule has 3 aromatic heterocycles. The molecule has 7 heteroatoms. The minimum absolute atomic E-state index is 0.297. The summed E-state index contributed by atoms with van der Waals surface area (Å²) in [6.07, 6.45) is 2.94. The van der Waals surface area contributed by atoms with Gasteiger partial charge in [0.15, 0.2) is 9.84 Å². The monoisotopic (exact) mass is 369 g/mol. The minimum atomic E-state index is -3.20. The van der Waals surface area contributed by atoms with Crippen molar-refractivity contribution in [3.05, 3.63) is 59.4 Å². The van der Waals surface area contributed by atoms with E-state index in [9.17, 15) is 8.42 Å². The Morgan fingerprint density at radius 1 is 1.12 bits per heavy atom. The zero-order chi connectivity index (χ0) is 17.4. The second-order valence-corrected chi connectivity index (χ2v) is 8.53. The van der Waals surface area contributed by atoms with E-state index in [1.165, 1.54) is 6.26 Å². The number of hydrogen-bond acceptors (Lipinski definition) is 5. The van der Waals surface area contributed by atoms with Crippen LogP contribution >= 0.6 is 11.3 Å². The topological polar surface area (TPSA) is 74.8 Å². The highest BCUT2D eigenvalue weighted by molar-refractivity contribution is 7.90. The number of hydrogen-bond donors (Lipinski definition) is 2. The molecule has 3 heterocycles. The smallest absolute Gasteiger partial charge is 0.175 e. The zero-order valence-corrected chi connectivity index (χ0v) is 15.0. The van der Waals surface area contributed by atoms with E-state index < -0.39 is 9.84 Å². The van der Waals surface area contributed by atoms with Gasteiger partial charge in [-0.05, 0) is 47.8 Å². The molecule has 5 nitrogen and oxygen atoms in total. The second-order valence-electron chi connectivity index (χ2n) is 5.74. The third kappa shape index (κ3) is 3.16. The summed E-state index contributed by atoms with van der Waals surface area (Å²) in [6.45, 7) is 0. The van der Waals surface area contributed by atoms with Crippen LogP contribution in [-0.4, -0.2) is 24.6 Å². The van der Waals surface area contributed by atoms with Crippen molar-refractivity contribution in [2.24, 2.45) is 0 Å². The van der Waals surface area contributed by atoms with Gasteiger partial charge < -0.3 is 10.3 Å². The minimum Gasteiger partial charge on any atom is -0.354 e. The standard InChI is InChI=1S/C18H15N3O2S2/c1-25(22,23)14-4-2-13(3-5-14)20-18-15-10-17(12-7-9-24-11-12)21-16(15)6-8-19-18/h2-11,21H,1H3,(H,19,20). The molecule has 0 aliphatic rings. The van der Waals surface area contributed by atoms with Crippen molar-refractivity contribution in [2.45, 2.75) is 4.90 Å². The van der Waals surface area contributed by atoms with Crippen LogP contribution in [0.1, 0.15) is 0 Å². The van der Waals surface area contributed by atoms with Crippen molar-refractivity contribution in [1.82, 2.24) is 9.97 Å². The molecule has 1 aromatic carbocycles. The lowest BCUT2D eigenvalue weighted by molar-refractivity contribution is 0.602. The molecular formula is C18H15N3O2S2. The lowest BCUT2D eigenvalue weighted by atomic mass is 10.2. The van der Waals surface area contributed by atoms with Crippen molar-refractivity contribution in [3.63, 3.8) is 0 Å². The molecule has 0 bridgehead atoms. The summed E-state index contributed by atoms with van der Waals surface area (Å²) < 4.78 is 23.1. The molecule has 0 saturated heterocycles. The number of nitrogens with zero attached hydrogens (tertiary/aromatic N) is 1. The molecule has 0 aliphatic carbocycles. The summed E-state index contributed by atoms with van der Waals surface area (Å²) >= 11 is 1.65. The highest BCUT2D eigenvalue weighted by Gasteiger charge is 2.10. The van der Waals surface area contributed by atoms with Crippen LogP contribution in [0.5, 0.6) is 0 Å². The van der Waals surface area contributed by atoms with Gasteiger partial charge >= 0.3 is 0 Å². The van der Waals surface area contributed by atoms with Crippen LogP contribution in [0.3, 0.4) is 0 Å². The van der Waals surface area contributed by atoms with Crippen molar-refractivity contribution in [3.8, 4) is 11.3 Å². The molecule has 0 amide bonds. The lowest BCUT2D eigenvalue weighted by Gasteiger charge is -2.07. The number of rotatable bonds is 4. The number of thiophene rings is 1. The summed E-state index contributed by atoms with van der Waals surface area (Å²) in [5.74, 6) is 0.724. The molecule has 0 fully saturated rings. The Labute approximate surface area is 149 Å². The van der Waals surface area contributed by atoms with E-state index in [0.717, 1.165) is 33.7 Å².